The van der Waals surface area contributed by atoms with Gasteiger partial charge >= 0.3 is 5.97 Å². The Morgan fingerprint density at radius 3 is 2.48 bits per heavy atom. The van der Waals surface area contributed by atoms with Crippen LogP contribution in [0.3, 0.4) is 0 Å². The fourth-order valence-electron chi connectivity index (χ4n) is 3.83. The van der Waals surface area contributed by atoms with Crippen LogP contribution in [-0.2, 0) is 4.74 Å². The number of halogens is 1. The normalized spacial score (nSPS) is 14.4. The molecule has 1 aliphatic heterocycles. The number of piperazine rings is 1. The molecule has 0 atom stereocenters. The largest absolute Gasteiger partial charge is 0.495 e. The Labute approximate surface area is 190 Å². The number of hydrogen-bond donors (Lipinski definition) is 0. The second-order valence-corrected chi connectivity index (χ2v) is 8.99. The van der Waals surface area contributed by atoms with Crippen molar-refractivity contribution in [2.45, 2.75) is 26.9 Å². The van der Waals surface area contributed by atoms with Gasteiger partial charge in [0.25, 0.3) is 0 Å². The maximum Gasteiger partial charge on any atom is 0.348 e. The van der Waals surface area contributed by atoms with Crippen LogP contribution in [0.4, 0.5) is 11.5 Å². The maximum absolute atomic E-state index is 12.6. The molecule has 1 saturated heterocycles. The molecule has 0 spiro atoms. The van der Waals surface area contributed by atoms with Gasteiger partial charge in [-0.05, 0) is 50.1 Å². The molecule has 0 N–H and O–H groups in total. The van der Waals surface area contributed by atoms with E-state index in [1.54, 1.807) is 7.11 Å². The van der Waals surface area contributed by atoms with Gasteiger partial charge in [0.1, 0.15) is 21.3 Å². The number of esters is 1. The molecule has 0 bridgehead atoms. The number of benzene rings is 1. The Morgan fingerprint density at radius 2 is 1.81 bits per heavy atom. The van der Waals surface area contributed by atoms with E-state index >= 15 is 0 Å². The summed E-state index contributed by atoms with van der Waals surface area (Å²) in [6.45, 7) is 8.75. The number of ether oxygens (including phenoxy) is 2. The quantitative estimate of drug-likeness (QED) is 0.408. The molecule has 31 heavy (non-hydrogen) atoms. The Hall–Kier alpha value is -2.58. The molecule has 1 aromatic carbocycles. The summed E-state index contributed by atoms with van der Waals surface area (Å²) >= 11 is 7.55. The highest BCUT2D eigenvalue weighted by Crippen LogP contribution is 2.37. The monoisotopic (exact) mass is 460 g/mol. The van der Waals surface area contributed by atoms with Crippen LogP contribution < -0.4 is 14.5 Å². The topological polar surface area (TPSA) is 67.8 Å². The summed E-state index contributed by atoms with van der Waals surface area (Å²) in [7, 11) is 1.69. The van der Waals surface area contributed by atoms with E-state index in [1.165, 1.54) is 11.3 Å². The van der Waals surface area contributed by atoms with Gasteiger partial charge in [0.2, 0.25) is 5.28 Å². The Morgan fingerprint density at radius 1 is 1.13 bits per heavy atom. The van der Waals surface area contributed by atoms with Crippen LogP contribution in [0.25, 0.3) is 10.2 Å². The van der Waals surface area contributed by atoms with Gasteiger partial charge in [0, 0.05) is 26.2 Å². The van der Waals surface area contributed by atoms with Gasteiger partial charge < -0.3 is 19.3 Å². The van der Waals surface area contributed by atoms with Gasteiger partial charge in [-0.1, -0.05) is 12.1 Å². The minimum atomic E-state index is -0.335. The van der Waals surface area contributed by atoms with Crippen molar-refractivity contribution < 1.29 is 14.3 Å². The number of thiophene rings is 1. The summed E-state index contributed by atoms with van der Waals surface area (Å²) in [5.41, 5.74) is 1.92. The maximum atomic E-state index is 12.6. The zero-order valence-corrected chi connectivity index (χ0v) is 19.6. The van der Waals surface area contributed by atoms with Crippen molar-refractivity contribution in [3.63, 3.8) is 0 Å². The fourth-order valence-corrected chi connectivity index (χ4v) is 5.11. The summed E-state index contributed by atoms with van der Waals surface area (Å²) in [5.74, 6) is 1.30. The van der Waals surface area contributed by atoms with E-state index in [9.17, 15) is 4.79 Å². The van der Waals surface area contributed by atoms with Gasteiger partial charge in [0.15, 0.2) is 0 Å². The molecule has 0 saturated carbocycles. The molecule has 3 aromatic rings. The summed E-state index contributed by atoms with van der Waals surface area (Å²) in [4.78, 5) is 27.2. The summed E-state index contributed by atoms with van der Waals surface area (Å²) in [6, 6.07) is 8.04. The van der Waals surface area contributed by atoms with Crippen LogP contribution in [0.5, 0.6) is 5.75 Å². The van der Waals surface area contributed by atoms with E-state index in [4.69, 9.17) is 21.1 Å². The number of anilines is 2. The third-order valence-electron chi connectivity index (χ3n) is 5.28. The zero-order chi connectivity index (χ0) is 22.1. The molecule has 9 heteroatoms. The number of fused-ring (bicyclic) bond motifs is 1. The average molecular weight is 461 g/mol. The molecule has 0 aliphatic carbocycles. The molecular weight excluding hydrogens is 436 g/mol. The SMILES string of the molecule is COc1ccccc1N1CCN(c2nc(Cl)nc3sc(C(=O)OC(C)C)c(C)c23)CC1. The first-order valence-corrected chi connectivity index (χ1v) is 11.4. The van der Waals surface area contributed by atoms with Crippen molar-refractivity contribution in [2.24, 2.45) is 0 Å². The smallest absolute Gasteiger partial charge is 0.348 e. The molecule has 1 aliphatic rings. The number of carbonyl (C=O) groups excluding carboxylic acids is 1. The molecule has 164 valence electrons. The van der Waals surface area contributed by atoms with Gasteiger partial charge in [-0.15, -0.1) is 11.3 Å². The lowest BCUT2D eigenvalue weighted by Gasteiger charge is -2.37. The number of carbonyl (C=O) groups is 1. The number of para-hydroxylation sites is 2. The summed E-state index contributed by atoms with van der Waals surface area (Å²) in [5, 5.41) is 1.05. The van der Waals surface area contributed by atoms with Gasteiger partial charge in [-0.3, -0.25) is 0 Å². The second-order valence-electron chi connectivity index (χ2n) is 7.65. The van der Waals surface area contributed by atoms with Crippen LogP contribution in [0, 0.1) is 6.92 Å². The highest BCUT2D eigenvalue weighted by molar-refractivity contribution is 7.20. The lowest BCUT2D eigenvalue weighted by Crippen LogP contribution is -2.47. The van der Waals surface area contributed by atoms with E-state index in [2.05, 4.69) is 25.8 Å². The minimum absolute atomic E-state index is 0.180. The number of nitrogens with zero attached hydrogens (tertiary/aromatic N) is 4. The number of rotatable bonds is 5. The van der Waals surface area contributed by atoms with Crippen LogP contribution in [0.15, 0.2) is 24.3 Å². The Kier molecular flexibility index (Phi) is 6.20. The predicted octanol–water partition coefficient (Wildman–Crippen LogP) is 4.55. The molecule has 0 unspecified atom stereocenters. The molecule has 3 heterocycles. The van der Waals surface area contributed by atoms with Gasteiger partial charge in [-0.25, -0.2) is 9.78 Å². The molecule has 1 fully saturated rings. The highest BCUT2D eigenvalue weighted by Gasteiger charge is 2.27. The van der Waals surface area contributed by atoms with Gasteiger partial charge in [0.05, 0.1) is 24.3 Å². The number of hydrogen-bond acceptors (Lipinski definition) is 8. The predicted molar refractivity (Wildman–Crippen MR) is 125 cm³/mol. The average Bonchev–Trinajstić information content (AvgIpc) is 3.09. The van der Waals surface area contributed by atoms with Crippen LogP contribution in [-0.4, -0.2) is 55.3 Å². The van der Waals surface area contributed by atoms with Crippen molar-refractivity contribution in [3.8, 4) is 5.75 Å². The summed E-state index contributed by atoms with van der Waals surface area (Å²) < 4.78 is 10.9. The Bertz CT molecular complexity index is 1110. The van der Waals surface area contributed by atoms with E-state index in [0.29, 0.717) is 9.71 Å². The van der Waals surface area contributed by atoms with E-state index in [-0.39, 0.29) is 17.4 Å². The van der Waals surface area contributed by atoms with E-state index in [0.717, 1.165) is 54.4 Å². The molecule has 0 amide bonds. The number of aromatic nitrogens is 2. The fraction of sp³-hybridized carbons (Fsp3) is 0.409. The van der Waals surface area contributed by atoms with Crippen molar-refractivity contribution in [2.75, 3.05) is 43.1 Å². The number of methoxy groups -OCH3 is 1. The van der Waals surface area contributed by atoms with Crippen LogP contribution >= 0.6 is 22.9 Å². The molecule has 4 rings (SSSR count). The third-order valence-corrected chi connectivity index (χ3v) is 6.61. The first-order valence-electron chi connectivity index (χ1n) is 10.2. The highest BCUT2D eigenvalue weighted by atomic mass is 35.5. The van der Waals surface area contributed by atoms with Crippen molar-refractivity contribution in [1.29, 1.82) is 0 Å². The first-order chi connectivity index (χ1) is 14.9. The molecular formula is C22H25ClN4O3S. The van der Waals surface area contributed by atoms with Crippen LogP contribution in [0.2, 0.25) is 5.28 Å². The van der Waals surface area contributed by atoms with Crippen LogP contribution in [0.1, 0.15) is 29.1 Å². The van der Waals surface area contributed by atoms with Crippen molar-refractivity contribution >= 4 is 50.6 Å². The number of aryl methyl sites for hydroxylation is 1. The molecule has 0 radical (unpaired) electrons. The van der Waals surface area contributed by atoms with Crippen molar-refractivity contribution in [3.05, 3.63) is 40.0 Å². The molecule has 2 aromatic heterocycles. The van der Waals surface area contributed by atoms with Crippen molar-refractivity contribution in [1.82, 2.24) is 9.97 Å². The van der Waals surface area contributed by atoms with E-state index in [1.807, 2.05) is 39.0 Å². The lowest BCUT2D eigenvalue weighted by molar-refractivity contribution is 0.0383. The second kappa shape index (κ2) is 8.88. The first kappa shape index (κ1) is 21.6. The van der Waals surface area contributed by atoms with Gasteiger partial charge in [-0.2, -0.15) is 4.98 Å². The molecule has 7 nitrogen and oxygen atoms in total. The zero-order valence-electron chi connectivity index (χ0n) is 18.0. The van der Waals surface area contributed by atoms with E-state index < -0.39 is 0 Å². The standard InChI is InChI=1S/C22H25ClN4O3S/c1-13(2)30-21(28)18-14(3)17-19(24-22(23)25-20(17)31-18)27-11-9-26(10-12-27)15-7-5-6-8-16(15)29-4/h5-8,13H,9-12H2,1-4H3. The lowest BCUT2D eigenvalue weighted by atomic mass is 10.1. The minimum Gasteiger partial charge on any atom is -0.495 e. The third kappa shape index (κ3) is 4.27. The Balaban J connectivity index is 1.63. The summed E-state index contributed by atoms with van der Waals surface area (Å²) in [6.07, 6.45) is -0.186.